The molecule has 0 saturated heterocycles. The summed E-state index contributed by atoms with van der Waals surface area (Å²) in [6.45, 7) is 1.34. The van der Waals surface area contributed by atoms with Gasteiger partial charge in [-0.25, -0.2) is 9.97 Å². The third-order valence-electron chi connectivity index (χ3n) is 3.10. The Morgan fingerprint density at radius 3 is 2.81 bits per heavy atom. The number of aromatic nitrogens is 4. The quantitative estimate of drug-likeness (QED) is 0.539. The van der Waals surface area contributed by atoms with Crippen LogP contribution in [0, 0.1) is 0 Å². The van der Waals surface area contributed by atoms with Crippen molar-refractivity contribution >= 4 is 44.7 Å². The first-order valence-corrected chi connectivity index (χ1v) is 6.18. The van der Waals surface area contributed by atoms with E-state index >= 15 is 0 Å². The summed E-state index contributed by atoms with van der Waals surface area (Å²) < 4.78 is 4.75. The number of hydrogen-bond acceptors (Lipinski definition) is 6. The average Bonchev–Trinajstić information content (AvgIpc) is 3.05. The molecule has 0 saturated carbocycles. The maximum absolute atomic E-state index is 11.1. The lowest BCUT2D eigenvalue weighted by molar-refractivity contribution is -0.116. The van der Waals surface area contributed by atoms with Crippen LogP contribution in [0.15, 0.2) is 39.1 Å². The molecule has 0 aliphatic carbocycles. The largest absolute Gasteiger partial charge is 0.271 e. The molecule has 4 aromatic rings. The number of azo groups is 1. The Bertz CT molecular complexity index is 1030. The van der Waals surface area contributed by atoms with Gasteiger partial charge in [0.1, 0.15) is 16.7 Å². The molecule has 0 radical (unpaired) electrons. The molecule has 0 fully saturated rings. The summed E-state index contributed by atoms with van der Waals surface area (Å²) in [4.78, 5) is 19.9. The summed E-state index contributed by atoms with van der Waals surface area (Å²) in [5.74, 6) is -0.376. The molecule has 8 nitrogen and oxygen atoms in total. The maximum Gasteiger partial charge on any atom is 0.261 e. The predicted molar refractivity (Wildman–Crippen MR) is 74.2 cm³/mol. The van der Waals surface area contributed by atoms with Crippen LogP contribution in [-0.4, -0.2) is 26.2 Å². The van der Waals surface area contributed by atoms with E-state index in [-0.39, 0.29) is 5.91 Å². The van der Waals surface area contributed by atoms with Crippen molar-refractivity contribution in [1.29, 1.82) is 0 Å². The summed E-state index contributed by atoms with van der Waals surface area (Å²) in [5.41, 5.74) is 2.51. The van der Waals surface area contributed by atoms with Gasteiger partial charge in [-0.05, 0) is 5.16 Å². The molecule has 2 heterocycles. The van der Waals surface area contributed by atoms with Crippen molar-refractivity contribution in [2.24, 2.45) is 10.2 Å². The standard InChI is InChI=1S/C13H8N6O2/c1-6(20)16-17-10-8-5-3-2-4-7(8)9-11(10)15-13-12(14-9)18-21-19-13/h2-5H,1H3,(H,15,19). The van der Waals surface area contributed by atoms with Crippen LogP contribution < -0.4 is 0 Å². The van der Waals surface area contributed by atoms with E-state index in [0.29, 0.717) is 28.0 Å². The van der Waals surface area contributed by atoms with E-state index < -0.39 is 0 Å². The molecule has 21 heavy (non-hydrogen) atoms. The molecular weight excluding hydrogens is 272 g/mol. The van der Waals surface area contributed by atoms with Crippen LogP contribution in [0.3, 0.4) is 0 Å². The van der Waals surface area contributed by atoms with Crippen molar-refractivity contribution in [3.8, 4) is 0 Å². The summed E-state index contributed by atoms with van der Waals surface area (Å²) in [7, 11) is 0. The molecule has 0 unspecified atom stereocenters. The lowest BCUT2D eigenvalue weighted by atomic mass is 10.2. The van der Waals surface area contributed by atoms with Gasteiger partial charge in [0.15, 0.2) is 0 Å². The third kappa shape index (κ3) is 1.69. The summed E-state index contributed by atoms with van der Waals surface area (Å²) in [6.07, 6.45) is 0. The number of H-pyrrole nitrogens is 1. The van der Waals surface area contributed by atoms with Crippen molar-refractivity contribution in [2.75, 3.05) is 0 Å². The number of nitrogens with zero attached hydrogens (tertiary/aromatic N) is 5. The van der Waals surface area contributed by atoms with E-state index in [9.17, 15) is 4.79 Å². The lowest BCUT2D eigenvalue weighted by Gasteiger charge is -1.90. The zero-order valence-electron chi connectivity index (χ0n) is 10.9. The number of aromatic amines is 1. The van der Waals surface area contributed by atoms with Gasteiger partial charge in [-0.2, -0.15) is 5.16 Å². The third-order valence-corrected chi connectivity index (χ3v) is 3.10. The van der Waals surface area contributed by atoms with E-state index in [1.54, 1.807) is 0 Å². The van der Waals surface area contributed by atoms with Gasteiger partial charge in [0.2, 0.25) is 11.3 Å². The molecule has 0 aliphatic heterocycles. The molecule has 4 rings (SSSR count). The van der Waals surface area contributed by atoms with Crippen molar-refractivity contribution in [3.05, 3.63) is 24.3 Å². The number of rotatable bonds is 1. The highest BCUT2D eigenvalue weighted by atomic mass is 16.6. The first-order valence-electron chi connectivity index (χ1n) is 6.18. The number of hydrogen-bond donors (Lipinski definition) is 1. The van der Waals surface area contributed by atoms with Gasteiger partial charge in [0.25, 0.3) is 5.91 Å². The normalized spacial score (nSPS) is 12.0. The second-order valence-electron chi connectivity index (χ2n) is 4.49. The van der Waals surface area contributed by atoms with Gasteiger partial charge < -0.3 is 0 Å². The van der Waals surface area contributed by atoms with Gasteiger partial charge >= 0.3 is 0 Å². The molecule has 1 amide bonds. The minimum Gasteiger partial charge on any atom is -0.271 e. The monoisotopic (exact) mass is 280 g/mol. The Kier molecular flexibility index (Phi) is 2.31. The molecule has 0 spiro atoms. The van der Waals surface area contributed by atoms with Crippen molar-refractivity contribution < 1.29 is 9.42 Å². The van der Waals surface area contributed by atoms with Crippen LogP contribution in [0.5, 0.6) is 0 Å². The van der Waals surface area contributed by atoms with Gasteiger partial charge in [-0.1, -0.05) is 24.3 Å². The summed E-state index contributed by atoms with van der Waals surface area (Å²) in [5, 5.41) is 15.6. The minimum atomic E-state index is -0.376. The zero-order valence-corrected chi connectivity index (χ0v) is 10.9. The van der Waals surface area contributed by atoms with Gasteiger partial charge in [0, 0.05) is 17.7 Å². The first kappa shape index (κ1) is 11.6. The number of nitrogens with one attached hydrogen (secondary N) is 1. The number of fused-ring (bicyclic) bond motifs is 4. The molecule has 0 aliphatic rings. The molecule has 102 valence electrons. The van der Waals surface area contributed by atoms with Crippen LogP contribution >= 0.6 is 0 Å². The molecular formula is C13H8N6O2. The smallest absolute Gasteiger partial charge is 0.261 e. The highest BCUT2D eigenvalue weighted by Crippen LogP contribution is 2.38. The van der Waals surface area contributed by atoms with E-state index in [0.717, 1.165) is 10.8 Å². The SMILES string of the molecule is CC(=O)N=Nc1c2ccccc2c2nc3no[nH]c3nc12. The molecule has 0 atom stereocenters. The van der Waals surface area contributed by atoms with Crippen molar-refractivity contribution in [2.45, 2.75) is 6.92 Å². The maximum atomic E-state index is 11.1. The number of carbonyl (C=O) groups is 1. The lowest BCUT2D eigenvalue weighted by Crippen LogP contribution is -1.83. The van der Waals surface area contributed by atoms with E-state index in [4.69, 9.17) is 4.63 Å². The van der Waals surface area contributed by atoms with Gasteiger partial charge in [-0.3, -0.25) is 9.42 Å². The second-order valence-corrected chi connectivity index (χ2v) is 4.49. The number of carbonyl (C=O) groups excluding carboxylic acids is 1. The summed E-state index contributed by atoms with van der Waals surface area (Å²) >= 11 is 0. The highest BCUT2D eigenvalue weighted by Gasteiger charge is 2.17. The molecule has 0 bridgehead atoms. The fourth-order valence-corrected chi connectivity index (χ4v) is 2.27. The Hall–Kier alpha value is -3.16. The molecule has 8 heteroatoms. The minimum absolute atomic E-state index is 0.376. The van der Waals surface area contributed by atoms with Crippen LogP contribution in [0.1, 0.15) is 6.92 Å². The van der Waals surface area contributed by atoms with Gasteiger partial charge in [0.05, 0.1) is 0 Å². The fourth-order valence-electron chi connectivity index (χ4n) is 2.27. The Morgan fingerprint density at radius 1 is 1.19 bits per heavy atom. The zero-order chi connectivity index (χ0) is 14.4. The van der Waals surface area contributed by atoms with E-state index in [1.807, 2.05) is 24.3 Å². The predicted octanol–water partition coefficient (Wildman–Crippen LogP) is 2.88. The number of benzene rings is 1. The van der Waals surface area contributed by atoms with Gasteiger partial charge in [-0.15, -0.1) is 10.2 Å². The second kappa shape index (κ2) is 4.17. The van der Waals surface area contributed by atoms with Crippen LogP contribution in [0.25, 0.3) is 33.1 Å². The van der Waals surface area contributed by atoms with E-state index in [1.165, 1.54) is 6.92 Å². The average molecular weight is 280 g/mol. The van der Waals surface area contributed by atoms with Crippen molar-refractivity contribution in [1.82, 2.24) is 20.3 Å². The summed E-state index contributed by atoms with van der Waals surface area (Å²) in [6, 6.07) is 7.58. The first-order chi connectivity index (χ1) is 10.2. The Labute approximate surface area is 116 Å². The van der Waals surface area contributed by atoms with Crippen LogP contribution in [0.4, 0.5) is 5.69 Å². The number of amides is 1. The Balaban J connectivity index is 2.18. The molecule has 1 N–H and O–H groups in total. The Morgan fingerprint density at radius 2 is 2.00 bits per heavy atom. The highest BCUT2D eigenvalue weighted by molar-refractivity contribution is 6.18. The fraction of sp³-hybridized carbons (Fsp3) is 0.0769. The molecule has 2 aromatic carbocycles. The molecule has 2 aromatic heterocycles. The van der Waals surface area contributed by atoms with Crippen LogP contribution in [0.2, 0.25) is 0 Å². The van der Waals surface area contributed by atoms with Crippen LogP contribution in [-0.2, 0) is 4.79 Å². The van der Waals surface area contributed by atoms with Crippen molar-refractivity contribution in [3.63, 3.8) is 0 Å². The van der Waals surface area contributed by atoms with E-state index in [2.05, 4.69) is 30.5 Å². The topological polar surface area (TPSA) is 109 Å².